The van der Waals surface area contributed by atoms with Gasteiger partial charge in [0.25, 0.3) is 5.91 Å². The summed E-state index contributed by atoms with van der Waals surface area (Å²) in [5.74, 6) is -3.56. The molecule has 0 unspecified atom stereocenters. The Hall–Kier alpha value is -2.74. The minimum Gasteiger partial charge on any atom is -0.481 e. The summed E-state index contributed by atoms with van der Waals surface area (Å²) < 4.78 is 13.8. The summed E-state index contributed by atoms with van der Waals surface area (Å²) in [6.45, 7) is 0. The highest BCUT2D eigenvalue weighted by molar-refractivity contribution is 7.14. The van der Waals surface area contributed by atoms with E-state index in [0.29, 0.717) is 5.00 Å². The Morgan fingerprint density at radius 1 is 0.966 bits per heavy atom. The summed E-state index contributed by atoms with van der Waals surface area (Å²) >= 11 is 1.18. The van der Waals surface area contributed by atoms with Gasteiger partial charge in [-0.15, -0.1) is 11.3 Å². The van der Waals surface area contributed by atoms with E-state index in [-0.39, 0.29) is 29.0 Å². The van der Waals surface area contributed by atoms with E-state index in [2.05, 4.69) is 10.6 Å². The van der Waals surface area contributed by atoms with Gasteiger partial charge in [-0.2, -0.15) is 0 Å². The van der Waals surface area contributed by atoms with Crippen molar-refractivity contribution in [3.05, 3.63) is 47.1 Å². The molecule has 6 nitrogen and oxygen atoms in total. The molecule has 2 amide bonds. The first-order valence-corrected chi connectivity index (χ1v) is 10.5. The average molecular weight is 416 g/mol. The number of aliphatic carboxylic acids is 1. The second kappa shape index (κ2) is 7.94. The van der Waals surface area contributed by atoms with Crippen molar-refractivity contribution in [3.8, 4) is 0 Å². The minimum absolute atomic E-state index is 0.0282. The highest BCUT2D eigenvalue weighted by Gasteiger charge is 2.50. The van der Waals surface area contributed by atoms with Crippen LogP contribution in [0.3, 0.4) is 0 Å². The molecule has 3 N–H and O–H groups in total. The lowest BCUT2D eigenvalue weighted by atomic mass is 9.58. The Morgan fingerprint density at radius 2 is 1.62 bits per heavy atom. The lowest BCUT2D eigenvalue weighted by Gasteiger charge is -2.45. The van der Waals surface area contributed by atoms with Gasteiger partial charge in [-0.1, -0.05) is 12.1 Å². The summed E-state index contributed by atoms with van der Waals surface area (Å²) in [7, 11) is 0. The zero-order valence-corrected chi connectivity index (χ0v) is 16.4. The Kier molecular flexibility index (Phi) is 5.36. The molecule has 3 aliphatic carbocycles. The topological polar surface area (TPSA) is 95.5 Å². The Balaban J connectivity index is 1.51. The zero-order valence-electron chi connectivity index (χ0n) is 15.6. The van der Waals surface area contributed by atoms with E-state index in [1.54, 1.807) is 17.5 Å². The number of carbonyl (C=O) groups is 3. The number of amides is 2. The smallest absolute Gasteiger partial charge is 0.307 e. The molecule has 0 spiro atoms. The number of carboxylic acids is 1. The third-order valence-electron chi connectivity index (χ3n) is 6.08. The third kappa shape index (κ3) is 3.76. The van der Waals surface area contributed by atoms with Crippen molar-refractivity contribution >= 4 is 39.8 Å². The number of hydrogen-bond donors (Lipinski definition) is 3. The second-order valence-corrected chi connectivity index (χ2v) is 8.57. The number of anilines is 2. The highest BCUT2D eigenvalue weighted by Crippen LogP contribution is 2.49. The van der Waals surface area contributed by atoms with Crippen LogP contribution in [-0.2, 0) is 9.59 Å². The lowest BCUT2D eigenvalue weighted by molar-refractivity contribution is -0.156. The van der Waals surface area contributed by atoms with Crippen LogP contribution in [0.25, 0.3) is 0 Å². The largest absolute Gasteiger partial charge is 0.481 e. The average Bonchev–Trinajstić information content (AvgIpc) is 3.18. The molecule has 1 aromatic heterocycles. The van der Waals surface area contributed by atoms with Gasteiger partial charge in [0, 0.05) is 0 Å². The van der Waals surface area contributed by atoms with Crippen molar-refractivity contribution < 1.29 is 23.9 Å². The van der Waals surface area contributed by atoms with Gasteiger partial charge in [-0.05, 0) is 61.1 Å². The molecular formula is C21H21FN2O4S. The molecule has 2 atom stereocenters. The number of nitrogens with one attached hydrogen (secondary N) is 2. The molecule has 8 heteroatoms. The van der Waals surface area contributed by atoms with Crippen LogP contribution in [0.15, 0.2) is 35.7 Å². The predicted octanol–water partition coefficient (Wildman–Crippen LogP) is 4.22. The van der Waals surface area contributed by atoms with E-state index in [0.717, 1.165) is 25.7 Å². The van der Waals surface area contributed by atoms with Crippen LogP contribution >= 0.6 is 11.3 Å². The van der Waals surface area contributed by atoms with Crippen LogP contribution in [0.1, 0.15) is 36.0 Å². The molecule has 0 radical (unpaired) electrons. The summed E-state index contributed by atoms with van der Waals surface area (Å²) in [6.07, 6.45) is 3.41. The third-order valence-corrected chi connectivity index (χ3v) is 6.91. The van der Waals surface area contributed by atoms with E-state index < -0.39 is 29.5 Å². The fourth-order valence-corrected chi connectivity index (χ4v) is 5.50. The van der Waals surface area contributed by atoms with Crippen molar-refractivity contribution in [2.75, 3.05) is 10.6 Å². The summed E-state index contributed by atoms with van der Waals surface area (Å²) in [6, 6.07) is 7.39. The number of halogens is 1. The maximum atomic E-state index is 13.8. The molecule has 1 aromatic carbocycles. The molecule has 3 aliphatic rings. The molecule has 2 bridgehead atoms. The van der Waals surface area contributed by atoms with Gasteiger partial charge in [-0.3, -0.25) is 14.4 Å². The van der Waals surface area contributed by atoms with Crippen molar-refractivity contribution in [1.82, 2.24) is 0 Å². The van der Waals surface area contributed by atoms with E-state index in [9.17, 15) is 23.9 Å². The number of carboxylic acid groups (broad SMARTS) is 1. The van der Waals surface area contributed by atoms with Crippen molar-refractivity contribution in [2.45, 2.75) is 25.7 Å². The van der Waals surface area contributed by atoms with Gasteiger partial charge in [0.15, 0.2) is 0 Å². The Bertz CT molecular complexity index is 952. The van der Waals surface area contributed by atoms with Gasteiger partial charge < -0.3 is 15.7 Å². The molecule has 1 heterocycles. The standard InChI is InChI=1S/C21H21FN2O4S/c22-14-3-1-2-4-15(14)23-18(25)13-9-10-29-20(13)24-19(26)16-11-5-7-12(8-6-11)17(16)21(27)28/h1-4,9-12,16-17H,5-8H2,(H,23,25)(H,24,26)(H,27,28)/t11?,12?,16-,17-/m0/s1. The van der Waals surface area contributed by atoms with Crippen LogP contribution < -0.4 is 10.6 Å². The first kappa shape index (κ1) is 19.6. The van der Waals surface area contributed by atoms with Crippen molar-refractivity contribution in [2.24, 2.45) is 23.7 Å². The Labute approximate surface area is 171 Å². The molecule has 3 saturated carbocycles. The Morgan fingerprint density at radius 3 is 2.28 bits per heavy atom. The van der Waals surface area contributed by atoms with E-state index >= 15 is 0 Å². The van der Waals surface area contributed by atoms with Gasteiger partial charge >= 0.3 is 5.97 Å². The molecule has 152 valence electrons. The molecule has 29 heavy (non-hydrogen) atoms. The molecule has 5 rings (SSSR count). The lowest BCUT2D eigenvalue weighted by Crippen LogP contribution is -2.49. The summed E-state index contributed by atoms with van der Waals surface area (Å²) in [5, 5.41) is 16.9. The number of carbonyl (C=O) groups excluding carboxylic acids is 2. The van der Waals surface area contributed by atoms with Crippen LogP contribution in [0.2, 0.25) is 0 Å². The monoisotopic (exact) mass is 416 g/mol. The quantitative estimate of drug-likeness (QED) is 0.680. The van der Waals surface area contributed by atoms with E-state index in [1.807, 2.05) is 0 Å². The zero-order chi connectivity index (χ0) is 20.5. The van der Waals surface area contributed by atoms with Gasteiger partial charge in [0.1, 0.15) is 10.8 Å². The van der Waals surface area contributed by atoms with Crippen LogP contribution in [-0.4, -0.2) is 22.9 Å². The second-order valence-electron chi connectivity index (χ2n) is 7.65. The molecule has 0 saturated heterocycles. The SMILES string of the molecule is O=C(Nc1ccccc1F)c1ccsc1NC(=O)[C@H]1C2CCC(CC2)[C@@H]1C(=O)O. The number of benzene rings is 1. The van der Waals surface area contributed by atoms with E-state index in [1.165, 1.54) is 29.5 Å². The van der Waals surface area contributed by atoms with Crippen molar-refractivity contribution in [3.63, 3.8) is 0 Å². The maximum Gasteiger partial charge on any atom is 0.307 e. The maximum absolute atomic E-state index is 13.8. The van der Waals surface area contributed by atoms with Crippen LogP contribution in [0.4, 0.5) is 15.1 Å². The number of hydrogen-bond acceptors (Lipinski definition) is 4. The predicted molar refractivity (Wildman–Crippen MR) is 107 cm³/mol. The number of fused-ring (bicyclic) bond motifs is 3. The number of thiophene rings is 1. The van der Waals surface area contributed by atoms with Crippen LogP contribution in [0.5, 0.6) is 0 Å². The summed E-state index contributed by atoms with van der Waals surface area (Å²) in [5.41, 5.74) is 0.274. The molecule has 0 aliphatic heterocycles. The van der Waals surface area contributed by atoms with Gasteiger partial charge in [0.2, 0.25) is 5.91 Å². The normalized spacial score (nSPS) is 25.4. The summed E-state index contributed by atoms with van der Waals surface area (Å²) in [4.78, 5) is 37.4. The first-order chi connectivity index (χ1) is 14.0. The number of para-hydroxylation sites is 1. The highest BCUT2D eigenvalue weighted by atomic mass is 32.1. The fraction of sp³-hybridized carbons (Fsp3) is 0.381. The van der Waals surface area contributed by atoms with Gasteiger partial charge in [0.05, 0.1) is 23.1 Å². The fourth-order valence-electron chi connectivity index (χ4n) is 4.71. The van der Waals surface area contributed by atoms with Gasteiger partial charge in [-0.25, -0.2) is 4.39 Å². The number of rotatable bonds is 5. The molecule has 2 aromatic rings. The first-order valence-electron chi connectivity index (χ1n) is 9.62. The molecular weight excluding hydrogens is 395 g/mol. The van der Waals surface area contributed by atoms with Crippen molar-refractivity contribution in [1.29, 1.82) is 0 Å². The molecule has 3 fully saturated rings. The van der Waals surface area contributed by atoms with Crippen LogP contribution in [0, 0.1) is 29.5 Å². The minimum atomic E-state index is -0.928. The van der Waals surface area contributed by atoms with E-state index in [4.69, 9.17) is 0 Å².